The lowest BCUT2D eigenvalue weighted by Crippen LogP contribution is -2.27. The maximum absolute atomic E-state index is 11.7. The maximum atomic E-state index is 11.7. The third-order valence-corrected chi connectivity index (χ3v) is 4.54. The molecule has 1 aliphatic rings. The number of carbonyl (C=O) groups excluding carboxylic acids is 2. The number of rotatable bonds is 8. The van der Waals surface area contributed by atoms with Gasteiger partial charge in [-0.2, -0.15) is 4.98 Å². The smallest absolute Gasteiger partial charge is 0.254 e. The van der Waals surface area contributed by atoms with Gasteiger partial charge in [0.1, 0.15) is 11.6 Å². The SMILES string of the molecule is CC(=O)Nc1ccc(O)c(Nc2ncc(C(N)=O)c(NCCN3CCCC3)n2)c1. The standard InChI is InChI=1S/C19H25N7O3/c1-12(27)23-13-4-5-16(28)15(10-13)24-19-22-11-14(17(20)29)18(25-19)21-6-9-26-7-2-3-8-26/h4-5,10-11,28H,2-3,6-9H2,1H3,(H2,20,29)(H,23,27)(H2,21,22,24,25). The molecule has 2 amide bonds. The van der Waals surface area contributed by atoms with Gasteiger partial charge in [0.15, 0.2) is 0 Å². The molecule has 0 aliphatic carbocycles. The van der Waals surface area contributed by atoms with Crippen LogP contribution in [0.25, 0.3) is 0 Å². The Bertz CT molecular complexity index is 897. The molecule has 1 saturated heterocycles. The van der Waals surface area contributed by atoms with E-state index in [-0.39, 0.29) is 23.2 Å². The molecule has 10 heteroatoms. The largest absolute Gasteiger partial charge is 0.506 e. The van der Waals surface area contributed by atoms with Crippen molar-refractivity contribution in [1.82, 2.24) is 14.9 Å². The lowest BCUT2D eigenvalue weighted by atomic mass is 10.2. The summed E-state index contributed by atoms with van der Waals surface area (Å²) in [5.41, 5.74) is 6.44. The zero-order valence-electron chi connectivity index (χ0n) is 16.2. The van der Waals surface area contributed by atoms with E-state index in [1.807, 2.05) is 0 Å². The summed E-state index contributed by atoms with van der Waals surface area (Å²) in [6.45, 7) is 4.99. The Kier molecular flexibility index (Phi) is 6.45. The van der Waals surface area contributed by atoms with Crippen LogP contribution in [0.5, 0.6) is 5.75 Å². The monoisotopic (exact) mass is 399 g/mol. The Morgan fingerprint density at radius 1 is 1.28 bits per heavy atom. The number of phenolic OH excluding ortho intramolecular Hbond substituents is 1. The normalized spacial score (nSPS) is 13.8. The highest BCUT2D eigenvalue weighted by molar-refractivity contribution is 5.97. The van der Waals surface area contributed by atoms with E-state index in [1.54, 1.807) is 12.1 Å². The number of aromatic hydroxyl groups is 1. The number of nitrogens with one attached hydrogen (secondary N) is 3. The Labute approximate surface area is 168 Å². The number of likely N-dealkylation sites (tertiary alicyclic amines) is 1. The first-order valence-electron chi connectivity index (χ1n) is 9.43. The number of hydrogen-bond acceptors (Lipinski definition) is 8. The number of hydrogen-bond donors (Lipinski definition) is 5. The highest BCUT2D eigenvalue weighted by Crippen LogP contribution is 2.29. The van der Waals surface area contributed by atoms with E-state index < -0.39 is 5.91 Å². The highest BCUT2D eigenvalue weighted by Gasteiger charge is 2.15. The van der Waals surface area contributed by atoms with E-state index in [2.05, 4.69) is 30.8 Å². The number of benzene rings is 1. The molecule has 154 valence electrons. The lowest BCUT2D eigenvalue weighted by Gasteiger charge is -2.16. The van der Waals surface area contributed by atoms with Crippen molar-refractivity contribution in [2.75, 3.05) is 42.1 Å². The zero-order chi connectivity index (χ0) is 20.8. The number of carbonyl (C=O) groups is 2. The first-order chi connectivity index (χ1) is 13.9. The molecule has 1 aliphatic heterocycles. The minimum atomic E-state index is -0.629. The minimum Gasteiger partial charge on any atom is -0.506 e. The van der Waals surface area contributed by atoms with Crippen molar-refractivity contribution in [1.29, 1.82) is 0 Å². The molecule has 0 atom stereocenters. The van der Waals surface area contributed by atoms with Crippen LogP contribution < -0.4 is 21.7 Å². The topological polar surface area (TPSA) is 146 Å². The van der Waals surface area contributed by atoms with Gasteiger partial charge in [-0.3, -0.25) is 9.59 Å². The van der Waals surface area contributed by atoms with Gasteiger partial charge in [-0.05, 0) is 44.1 Å². The van der Waals surface area contributed by atoms with Crippen LogP contribution in [0, 0.1) is 0 Å². The van der Waals surface area contributed by atoms with Crippen LogP contribution in [-0.2, 0) is 4.79 Å². The molecule has 29 heavy (non-hydrogen) atoms. The second-order valence-electron chi connectivity index (χ2n) is 6.83. The fourth-order valence-corrected chi connectivity index (χ4v) is 3.13. The number of phenols is 1. The Morgan fingerprint density at radius 2 is 2.03 bits per heavy atom. The molecule has 0 radical (unpaired) electrons. The van der Waals surface area contributed by atoms with Crippen molar-refractivity contribution in [2.45, 2.75) is 19.8 Å². The molecule has 0 saturated carbocycles. The van der Waals surface area contributed by atoms with Gasteiger partial charge < -0.3 is 31.7 Å². The number of nitrogens with two attached hydrogens (primary N) is 1. The van der Waals surface area contributed by atoms with Gasteiger partial charge in [-0.15, -0.1) is 0 Å². The average Bonchev–Trinajstić information content (AvgIpc) is 3.17. The third-order valence-electron chi connectivity index (χ3n) is 4.54. The molecule has 0 unspecified atom stereocenters. The van der Waals surface area contributed by atoms with Crippen LogP contribution in [0.15, 0.2) is 24.4 Å². The summed E-state index contributed by atoms with van der Waals surface area (Å²) >= 11 is 0. The first-order valence-corrected chi connectivity index (χ1v) is 9.43. The molecule has 1 fully saturated rings. The fourth-order valence-electron chi connectivity index (χ4n) is 3.13. The highest BCUT2D eigenvalue weighted by atomic mass is 16.3. The van der Waals surface area contributed by atoms with Gasteiger partial charge in [-0.25, -0.2) is 4.98 Å². The van der Waals surface area contributed by atoms with Gasteiger partial charge in [0.25, 0.3) is 5.91 Å². The maximum Gasteiger partial charge on any atom is 0.254 e. The van der Waals surface area contributed by atoms with Gasteiger partial charge in [0.05, 0.1) is 11.3 Å². The summed E-state index contributed by atoms with van der Waals surface area (Å²) in [4.78, 5) is 33.7. The summed E-state index contributed by atoms with van der Waals surface area (Å²) < 4.78 is 0. The Balaban J connectivity index is 1.75. The third kappa shape index (κ3) is 5.55. The van der Waals surface area contributed by atoms with Gasteiger partial charge in [0.2, 0.25) is 11.9 Å². The number of nitrogens with zero attached hydrogens (tertiary/aromatic N) is 3. The summed E-state index contributed by atoms with van der Waals surface area (Å²) in [7, 11) is 0. The molecule has 2 heterocycles. The molecule has 3 rings (SSSR count). The molecular formula is C19H25N7O3. The second kappa shape index (κ2) is 9.20. The quantitative estimate of drug-likeness (QED) is 0.331. The molecule has 1 aromatic heterocycles. The molecular weight excluding hydrogens is 374 g/mol. The lowest BCUT2D eigenvalue weighted by molar-refractivity contribution is -0.114. The van der Waals surface area contributed by atoms with Gasteiger partial charge in [0, 0.05) is 31.9 Å². The first kappa shape index (κ1) is 20.3. The molecule has 2 aromatic rings. The summed E-state index contributed by atoms with van der Waals surface area (Å²) in [6, 6.07) is 4.58. The van der Waals surface area contributed by atoms with Crippen LogP contribution in [-0.4, -0.2) is 58.0 Å². The number of anilines is 4. The average molecular weight is 399 g/mol. The Hall–Kier alpha value is -3.40. The van der Waals surface area contributed by atoms with E-state index >= 15 is 0 Å². The van der Waals surface area contributed by atoms with E-state index in [4.69, 9.17) is 5.73 Å². The van der Waals surface area contributed by atoms with Crippen molar-refractivity contribution in [2.24, 2.45) is 5.73 Å². The van der Waals surface area contributed by atoms with E-state index in [1.165, 1.54) is 32.0 Å². The van der Waals surface area contributed by atoms with Crippen molar-refractivity contribution < 1.29 is 14.7 Å². The predicted molar refractivity (Wildman–Crippen MR) is 110 cm³/mol. The second-order valence-corrected chi connectivity index (χ2v) is 6.83. The van der Waals surface area contributed by atoms with Crippen LogP contribution >= 0.6 is 0 Å². The van der Waals surface area contributed by atoms with Crippen molar-refractivity contribution in [3.63, 3.8) is 0 Å². The van der Waals surface area contributed by atoms with Crippen LogP contribution in [0.2, 0.25) is 0 Å². The fraction of sp³-hybridized carbons (Fsp3) is 0.368. The summed E-state index contributed by atoms with van der Waals surface area (Å²) in [5, 5.41) is 18.8. The van der Waals surface area contributed by atoms with Gasteiger partial charge in [-0.1, -0.05) is 0 Å². The number of aromatic nitrogens is 2. The van der Waals surface area contributed by atoms with Crippen LogP contribution in [0.3, 0.4) is 0 Å². The summed E-state index contributed by atoms with van der Waals surface area (Å²) in [6.07, 6.45) is 3.74. The van der Waals surface area contributed by atoms with Crippen LogP contribution in [0.4, 0.5) is 23.1 Å². The number of amides is 2. The van der Waals surface area contributed by atoms with Crippen molar-refractivity contribution in [3.8, 4) is 5.75 Å². The minimum absolute atomic E-state index is 0.0368. The van der Waals surface area contributed by atoms with Crippen molar-refractivity contribution >= 4 is 35.0 Å². The van der Waals surface area contributed by atoms with Gasteiger partial charge >= 0.3 is 0 Å². The van der Waals surface area contributed by atoms with E-state index in [0.29, 0.717) is 23.7 Å². The van der Waals surface area contributed by atoms with Crippen LogP contribution in [0.1, 0.15) is 30.1 Å². The Morgan fingerprint density at radius 3 is 2.72 bits per heavy atom. The summed E-state index contributed by atoms with van der Waals surface area (Å²) in [5.74, 6) is -0.394. The molecule has 0 spiro atoms. The van der Waals surface area contributed by atoms with E-state index in [0.717, 1.165) is 19.6 Å². The van der Waals surface area contributed by atoms with Crippen molar-refractivity contribution in [3.05, 3.63) is 30.0 Å². The molecule has 1 aromatic carbocycles. The molecule has 6 N–H and O–H groups in total. The predicted octanol–water partition coefficient (Wildman–Crippen LogP) is 1.49. The van der Waals surface area contributed by atoms with E-state index in [9.17, 15) is 14.7 Å². The molecule has 10 nitrogen and oxygen atoms in total. The number of primary amides is 1. The molecule has 0 bridgehead atoms. The zero-order valence-corrected chi connectivity index (χ0v) is 16.2.